The van der Waals surface area contributed by atoms with Gasteiger partial charge in [-0.3, -0.25) is 4.79 Å². The molecule has 0 fully saturated rings. The highest BCUT2D eigenvalue weighted by atomic mass is 35.5. The Hall–Kier alpha value is -1.65. The molecule has 0 saturated carbocycles. The molecule has 0 aliphatic heterocycles. The second-order valence-electron chi connectivity index (χ2n) is 4.81. The summed E-state index contributed by atoms with van der Waals surface area (Å²) < 4.78 is 0. The van der Waals surface area contributed by atoms with Gasteiger partial charge in [0.05, 0.1) is 5.52 Å². The van der Waals surface area contributed by atoms with Crippen molar-refractivity contribution in [1.82, 2.24) is 10.3 Å². The van der Waals surface area contributed by atoms with Gasteiger partial charge in [-0.1, -0.05) is 23.7 Å². The molecule has 4 nitrogen and oxygen atoms in total. The Kier molecular flexibility index (Phi) is 4.93. The molecule has 0 spiro atoms. The highest BCUT2D eigenvalue weighted by Gasteiger charge is 2.05. The molecule has 0 atom stereocenters. The number of carboxylic acid groups (broad SMARTS) is 1. The molecule has 106 valence electrons. The van der Waals surface area contributed by atoms with Crippen LogP contribution in [-0.4, -0.2) is 22.6 Å². The minimum absolute atomic E-state index is 0.177. The first-order valence-corrected chi connectivity index (χ1v) is 6.92. The lowest BCUT2D eigenvalue weighted by Crippen LogP contribution is -2.16. The van der Waals surface area contributed by atoms with Crippen LogP contribution in [0.25, 0.3) is 10.9 Å². The third-order valence-electron chi connectivity index (χ3n) is 3.06. The zero-order valence-electron chi connectivity index (χ0n) is 11.3. The van der Waals surface area contributed by atoms with Crippen molar-refractivity contribution in [2.75, 3.05) is 6.54 Å². The number of aryl methyl sites for hydroxylation is 1. The molecule has 0 radical (unpaired) electrons. The first-order valence-electron chi connectivity index (χ1n) is 6.54. The highest BCUT2D eigenvalue weighted by molar-refractivity contribution is 6.30. The van der Waals surface area contributed by atoms with Crippen LogP contribution < -0.4 is 5.32 Å². The lowest BCUT2D eigenvalue weighted by molar-refractivity contribution is -0.137. The molecular formula is C15H17ClN2O2. The molecule has 0 unspecified atom stereocenters. The largest absolute Gasteiger partial charge is 0.481 e. The van der Waals surface area contributed by atoms with Gasteiger partial charge in [0.25, 0.3) is 0 Å². The number of nitrogens with zero attached hydrogens (tertiary/aromatic N) is 1. The summed E-state index contributed by atoms with van der Waals surface area (Å²) in [5.41, 5.74) is 2.98. The van der Waals surface area contributed by atoms with Crippen LogP contribution in [0.3, 0.4) is 0 Å². The van der Waals surface area contributed by atoms with Crippen LogP contribution in [0.2, 0.25) is 5.15 Å². The first-order chi connectivity index (χ1) is 9.56. The quantitative estimate of drug-likeness (QED) is 0.634. The summed E-state index contributed by atoms with van der Waals surface area (Å²) in [4.78, 5) is 14.8. The van der Waals surface area contributed by atoms with Crippen molar-refractivity contribution in [2.24, 2.45) is 0 Å². The third-order valence-corrected chi connectivity index (χ3v) is 3.39. The highest BCUT2D eigenvalue weighted by Crippen LogP contribution is 2.21. The van der Waals surface area contributed by atoms with E-state index in [0.29, 0.717) is 24.7 Å². The normalized spacial score (nSPS) is 10.9. The molecule has 2 rings (SSSR count). The molecule has 0 aliphatic rings. The van der Waals surface area contributed by atoms with E-state index in [4.69, 9.17) is 16.7 Å². The standard InChI is InChI=1S/C15H17ClN2O2/c1-10-4-5-11-8-12(15(16)18-13(11)7-10)9-17-6-2-3-14(19)20/h4-5,7-8,17H,2-3,6,9H2,1H3,(H,19,20). The average molecular weight is 293 g/mol. The maximum absolute atomic E-state index is 10.4. The van der Waals surface area contributed by atoms with Gasteiger partial charge < -0.3 is 10.4 Å². The molecular weight excluding hydrogens is 276 g/mol. The van der Waals surface area contributed by atoms with Gasteiger partial charge in [0.15, 0.2) is 0 Å². The van der Waals surface area contributed by atoms with E-state index in [1.807, 2.05) is 31.2 Å². The number of hydrogen-bond donors (Lipinski definition) is 2. The number of nitrogens with one attached hydrogen (secondary N) is 1. The number of pyridine rings is 1. The van der Waals surface area contributed by atoms with E-state index in [1.165, 1.54) is 0 Å². The van der Waals surface area contributed by atoms with Crippen LogP contribution in [-0.2, 0) is 11.3 Å². The number of halogens is 1. The first kappa shape index (κ1) is 14.8. The molecule has 1 aromatic carbocycles. The lowest BCUT2D eigenvalue weighted by atomic mass is 10.1. The number of aliphatic carboxylic acids is 1. The van der Waals surface area contributed by atoms with Crippen LogP contribution >= 0.6 is 11.6 Å². The summed E-state index contributed by atoms with van der Waals surface area (Å²) in [6, 6.07) is 8.10. The van der Waals surface area contributed by atoms with Gasteiger partial charge in [-0.05, 0) is 37.6 Å². The van der Waals surface area contributed by atoms with Gasteiger partial charge in [-0.15, -0.1) is 0 Å². The lowest BCUT2D eigenvalue weighted by Gasteiger charge is -2.08. The average Bonchev–Trinajstić information content (AvgIpc) is 2.38. The van der Waals surface area contributed by atoms with E-state index in [1.54, 1.807) is 0 Å². The minimum atomic E-state index is -0.771. The fraction of sp³-hybridized carbons (Fsp3) is 0.333. The van der Waals surface area contributed by atoms with Crippen molar-refractivity contribution in [3.8, 4) is 0 Å². The van der Waals surface area contributed by atoms with Gasteiger partial charge in [0, 0.05) is 23.9 Å². The van der Waals surface area contributed by atoms with E-state index in [0.717, 1.165) is 22.0 Å². The van der Waals surface area contributed by atoms with Crippen LogP contribution in [0.5, 0.6) is 0 Å². The molecule has 0 aliphatic carbocycles. The number of benzene rings is 1. The topological polar surface area (TPSA) is 62.2 Å². The second kappa shape index (κ2) is 6.68. The van der Waals surface area contributed by atoms with Crippen molar-refractivity contribution in [2.45, 2.75) is 26.3 Å². The van der Waals surface area contributed by atoms with Crippen molar-refractivity contribution in [3.05, 3.63) is 40.5 Å². The monoisotopic (exact) mass is 292 g/mol. The van der Waals surface area contributed by atoms with Gasteiger partial charge in [-0.2, -0.15) is 0 Å². The summed E-state index contributed by atoms with van der Waals surface area (Å²) in [6.45, 7) is 3.26. The predicted molar refractivity (Wildman–Crippen MR) is 80.1 cm³/mol. The molecule has 2 N–H and O–H groups in total. The van der Waals surface area contributed by atoms with E-state index in [-0.39, 0.29) is 6.42 Å². The summed E-state index contributed by atoms with van der Waals surface area (Å²) in [6.07, 6.45) is 0.781. The molecule has 0 saturated heterocycles. The molecule has 20 heavy (non-hydrogen) atoms. The van der Waals surface area contributed by atoms with Gasteiger partial charge in [0.1, 0.15) is 5.15 Å². The summed E-state index contributed by atoms with van der Waals surface area (Å²) in [5.74, 6) is -0.771. The predicted octanol–water partition coefficient (Wildman–Crippen LogP) is 3.15. The minimum Gasteiger partial charge on any atom is -0.481 e. The zero-order valence-corrected chi connectivity index (χ0v) is 12.1. The Morgan fingerprint density at radius 2 is 2.20 bits per heavy atom. The molecule has 1 heterocycles. The summed E-state index contributed by atoms with van der Waals surface area (Å²) in [7, 11) is 0. The number of rotatable bonds is 6. The Balaban J connectivity index is 2.01. The summed E-state index contributed by atoms with van der Waals surface area (Å²) in [5, 5.41) is 13.3. The smallest absolute Gasteiger partial charge is 0.303 e. The van der Waals surface area contributed by atoms with E-state index >= 15 is 0 Å². The molecule has 2 aromatic rings. The fourth-order valence-corrected chi connectivity index (χ4v) is 2.22. The van der Waals surface area contributed by atoms with Crippen molar-refractivity contribution in [3.63, 3.8) is 0 Å². The number of hydrogen-bond acceptors (Lipinski definition) is 3. The fourth-order valence-electron chi connectivity index (χ4n) is 2.01. The van der Waals surface area contributed by atoms with E-state index in [9.17, 15) is 4.79 Å². The second-order valence-corrected chi connectivity index (χ2v) is 5.17. The maximum Gasteiger partial charge on any atom is 0.303 e. The van der Waals surface area contributed by atoms with Crippen LogP contribution in [0.15, 0.2) is 24.3 Å². The maximum atomic E-state index is 10.4. The Morgan fingerprint density at radius 3 is 2.95 bits per heavy atom. The van der Waals surface area contributed by atoms with Crippen molar-refractivity contribution >= 4 is 28.5 Å². The SMILES string of the molecule is Cc1ccc2cc(CNCCCC(=O)O)c(Cl)nc2c1. The van der Waals surface area contributed by atoms with Crippen LogP contribution in [0.1, 0.15) is 24.0 Å². The summed E-state index contributed by atoms with van der Waals surface area (Å²) >= 11 is 6.17. The Morgan fingerprint density at radius 1 is 1.40 bits per heavy atom. The number of aromatic nitrogens is 1. The van der Waals surface area contributed by atoms with E-state index < -0.39 is 5.97 Å². The zero-order chi connectivity index (χ0) is 14.5. The van der Waals surface area contributed by atoms with E-state index in [2.05, 4.69) is 10.3 Å². The Bertz CT molecular complexity index is 629. The molecule has 1 aromatic heterocycles. The van der Waals surface area contributed by atoms with Crippen LogP contribution in [0, 0.1) is 6.92 Å². The van der Waals surface area contributed by atoms with Gasteiger partial charge in [0.2, 0.25) is 0 Å². The van der Waals surface area contributed by atoms with Gasteiger partial charge in [-0.25, -0.2) is 4.98 Å². The van der Waals surface area contributed by atoms with Crippen molar-refractivity contribution in [1.29, 1.82) is 0 Å². The third kappa shape index (κ3) is 3.92. The number of carbonyl (C=O) groups is 1. The van der Waals surface area contributed by atoms with Crippen LogP contribution in [0.4, 0.5) is 0 Å². The Labute approximate surface area is 122 Å². The van der Waals surface area contributed by atoms with Gasteiger partial charge >= 0.3 is 5.97 Å². The molecule has 0 amide bonds. The van der Waals surface area contributed by atoms with Crippen molar-refractivity contribution < 1.29 is 9.90 Å². The number of carboxylic acids is 1. The molecule has 5 heteroatoms. The molecule has 0 bridgehead atoms. The number of fused-ring (bicyclic) bond motifs is 1.